The average Bonchev–Trinajstić information content (AvgIpc) is 3.25. The van der Waals surface area contributed by atoms with Gasteiger partial charge in [0.05, 0.1) is 6.10 Å². The van der Waals surface area contributed by atoms with E-state index in [0.29, 0.717) is 6.10 Å². The van der Waals surface area contributed by atoms with Gasteiger partial charge in [0, 0.05) is 10.5 Å². The predicted octanol–water partition coefficient (Wildman–Crippen LogP) is 6.26. The van der Waals surface area contributed by atoms with Gasteiger partial charge in [0.1, 0.15) is 18.1 Å². The number of alkyl halides is 2. The highest BCUT2D eigenvalue weighted by atomic mass is 32.2. The summed E-state index contributed by atoms with van der Waals surface area (Å²) in [5, 5.41) is 1.98. The minimum absolute atomic E-state index is 0.209. The Morgan fingerprint density at radius 2 is 1.87 bits per heavy atom. The Hall–Kier alpha value is -2.44. The molecule has 0 spiro atoms. The van der Waals surface area contributed by atoms with Gasteiger partial charge in [-0.05, 0) is 72.7 Å². The van der Waals surface area contributed by atoms with Crippen molar-refractivity contribution in [1.29, 1.82) is 0 Å². The minimum atomic E-state index is -3.41. The van der Waals surface area contributed by atoms with Crippen molar-refractivity contribution < 1.29 is 18.3 Å². The fourth-order valence-electron chi connectivity index (χ4n) is 3.48. The molecule has 2 aromatic carbocycles. The number of carbonyl (C=O) groups excluding carboxylic acids is 1. The zero-order valence-corrected chi connectivity index (χ0v) is 17.5. The standard InChI is InChI=1S/C24H25F2NO2S/c1-3-7-19(4-2)24(25,26)23(16-28)27-30-22-13-11-17-14-21(12-10-18(17)15-22)29-20-8-5-6-9-20/h3-4,7,10-16,20,23,27H,1-2,5-6,8-9H2/b19-7+. The van der Waals surface area contributed by atoms with E-state index in [1.54, 1.807) is 0 Å². The van der Waals surface area contributed by atoms with Crippen molar-refractivity contribution >= 4 is 29.0 Å². The van der Waals surface area contributed by atoms with E-state index in [9.17, 15) is 13.6 Å². The van der Waals surface area contributed by atoms with Crippen molar-refractivity contribution in [3.63, 3.8) is 0 Å². The first kappa shape index (κ1) is 22.2. The second-order valence-corrected chi connectivity index (χ2v) is 8.12. The molecule has 1 atom stereocenters. The normalized spacial score (nSPS) is 16.4. The molecule has 1 aliphatic rings. The van der Waals surface area contributed by atoms with E-state index in [0.717, 1.165) is 58.4 Å². The lowest BCUT2D eigenvalue weighted by Crippen LogP contribution is -2.44. The Kier molecular flexibility index (Phi) is 7.45. The molecule has 0 aromatic heterocycles. The zero-order chi connectivity index (χ0) is 21.6. The van der Waals surface area contributed by atoms with Gasteiger partial charge in [0.15, 0.2) is 0 Å². The van der Waals surface area contributed by atoms with Gasteiger partial charge in [-0.1, -0.05) is 43.5 Å². The third kappa shape index (κ3) is 5.18. The Bertz CT molecular complexity index is 951. The SMILES string of the molecule is C=C/C=C(\C=C)C(F)(F)C(C=O)NSc1ccc2cc(OC3CCCC3)ccc2c1. The first-order valence-corrected chi connectivity index (χ1v) is 10.7. The summed E-state index contributed by atoms with van der Waals surface area (Å²) in [6, 6.07) is 9.81. The zero-order valence-electron chi connectivity index (χ0n) is 16.7. The number of rotatable bonds is 10. The fraction of sp³-hybridized carbons (Fsp3) is 0.292. The first-order chi connectivity index (χ1) is 14.5. The Morgan fingerprint density at radius 3 is 2.53 bits per heavy atom. The molecule has 6 heteroatoms. The Balaban J connectivity index is 1.70. The number of halogens is 2. The number of hydrogen-bond donors (Lipinski definition) is 1. The van der Waals surface area contributed by atoms with Crippen molar-refractivity contribution in [3.05, 3.63) is 73.4 Å². The molecule has 1 fully saturated rings. The Morgan fingerprint density at radius 1 is 1.17 bits per heavy atom. The van der Waals surface area contributed by atoms with Crippen molar-refractivity contribution in [3.8, 4) is 5.75 Å². The molecule has 2 aromatic rings. The van der Waals surface area contributed by atoms with Crippen molar-refractivity contribution in [2.24, 2.45) is 0 Å². The summed E-state index contributed by atoms with van der Waals surface area (Å²) in [6.07, 6.45) is 8.54. The number of benzene rings is 2. The minimum Gasteiger partial charge on any atom is -0.490 e. The average molecular weight is 430 g/mol. The molecular weight excluding hydrogens is 404 g/mol. The fourth-order valence-corrected chi connectivity index (χ4v) is 4.27. The molecule has 0 heterocycles. The molecule has 3 rings (SSSR count). The number of carbonyl (C=O) groups is 1. The lowest BCUT2D eigenvalue weighted by molar-refractivity contribution is -0.115. The lowest BCUT2D eigenvalue weighted by atomic mass is 10.0. The molecule has 0 bridgehead atoms. The van der Waals surface area contributed by atoms with Gasteiger partial charge in [0.25, 0.3) is 5.92 Å². The van der Waals surface area contributed by atoms with Gasteiger partial charge in [-0.2, -0.15) is 8.78 Å². The summed E-state index contributed by atoms with van der Waals surface area (Å²) in [5.41, 5.74) is -0.365. The third-order valence-corrected chi connectivity index (χ3v) is 5.98. The van der Waals surface area contributed by atoms with E-state index in [1.165, 1.54) is 18.9 Å². The maximum absolute atomic E-state index is 14.6. The monoisotopic (exact) mass is 429 g/mol. The molecule has 1 unspecified atom stereocenters. The summed E-state index contributed by atoms with van der Waals surface area (Å²) in [6.45, 7) is 6.82. The molecule has 30 heavy (non-hydrogen) atoms. The van der Waals surface area contributed by atoms with Crippen molar-refractivity contribution in [2.75, 3.05) is 0 Å². The quantitative estimate of drug-likeness (QED) is 0.275. The molecule has 0 radical (unpaired) electrons. The molecule has 0 amide bonds. The van der Waals surface area contributed by atoms with Gasteiger partial charge in [0.2, 0.25) is 0 Å². The highest BCUT2D eigenvalue weighted by Gasteiger charge is 2.42. The summed E-state index contributed by atoms with van der Waals surface area (Å²) >= 11 is 0.991. The number of fused-ring (bicyclic) bond motifs is 1. The smallest absolute Gasteiger partial charge is 0.295 e. The van der Waals surface area contributed by atoms with Crippen LogP contribution in [0.25, 0.3) is 10.8 Å². The molecule has 0 aliphatic heterocycles. The third-order valence-electron chi connectivity index (χ3n) is 5.12. The lowest BCUT2D eigenvalue weighted by Gasteiger charge is -2.24. The van der Waals surface area contributed by atoms with Crippen LogP contribution in [0.5, 0.6) is 5.75 Å². The van der Waals surface area contributed by atoms with Crippen LogP contribution in [0.1, 0.15) is 25.7 Å². The van der Waals surface area contributed by atoms with Crippen LogP contribution >= 0.6 is 11.9 Å². The van der Waals surface area contributed by atoms with Crippen molar-refractivity contribution in [1.82, 2.24) is 4.72 Å². The van der Waals surface area contributed by atoms with Crippen molar-refractivity contribution in [2.45, 2.75) is 48.6 Å². The van der Waals surface area contributed by atoms with Crippen LogP contribution in [0.3, 0.4) is 0 Å². The second-order valence-electron chi connectivity index (χ2n) is 7.21. The van der Waals surface area contributed by atoms with E-state index in [2.05, 4.69) is 17.9 Å². The Labute approximate surface area is 180 Å². The molecule has 158 valence electrons. The highest BCUT2D eigenvalue weighted by Crippen LogP contribution is 2.32. The van der Waals surface area contributed by atoms with Crippen LogP contribution in [0.2, 0.25) is 0 Å². The number of ether oxygens (including phenoxy) is 1. The van der Waals surface area contributed by atoms with Gasteiger partial charge in [-0.3, -0.25) is 0 Å². The van der Waals surface area contributed by atoms with Crippen LogP contribution in [0, 0.1) is 0 Å². The number of aldehydes is 1. The van der Waals surface area contributed by atoms with Gasteiger partial charge in [-0.25, -0.2) is 4.72 Å². The van der Waals surface area contributed by atoms with Crippen LogP contribution in [0.15, 0.2) is 78.3 Å². The topological polar surface area (TPSA) is 38.3 Å². The summed E-state index contributed by atoms with van der Waals surface area (Å²) in [7, 11) is 0. The number of allylic oxidation sites excluding steroid dienone is 3. The van der Waals surface area contributed by atoms with Gasteiger partial charge in [-0.15, -0.1) is 0 Å². The van der Waals surface area contributed by atoms with Gasteiger partial charge < -0.3 is 9.53 Å². The molecule has 0 saturated heterocycles. The van der Waals surface area contributed by atoms with Crippen LogP contribution in [-0.4, -0.2) is 24.4 Å². The van der Waals surface area contributed by atoms with Crippen LogP contribution in [-0.2, 0) is 4.79 Å². The molecule has 1 saturated carbocycles. The van der Waals surface area contributed by atoms with E-state index < -0.39 is 12.0 Å². The molecule has 3 nitrogen and oxygen atoms in total. The van der Waals surface area contributed by atoms with Crippen LogP contribution in [0.4, 0.5) is 8.78 Å². The van der Waals surface area contributed by atoms with E-state index in [-0.39, 0.29) is 11.9 Å². The summed E-state index contributed by atoms with van der Waals surface area (Å²) in [5.74, 6) is -2.56. The number of nitrogens with one attached hydrogen (secondary N) is 1. The first-order valence-electron chi connectivity index (χ1n) is 9.89. The second kappa shape index (κ2) is 10.0. The molecule has 1 aliphatic carbocycles. The molecule has 1 N–H and O–H groups in total. The number of hydrogen-bond acceptors (Lipinski definition) is 4. The molecular formula is C24H25F2NO2S. The summed E-state index contributed by atoms with van der Waals surface area (Å²) < 4.78 is 37.8. The van der Waals surface area contributed by atoms with E-state index in [4.69, 9.17) is 4.74 Å². The summed E-state index contributed by atoms with van der Waals surface area (Å²) in [4.78, 5) is 12.1. The van der Waals surface area contributed by atoms with Gasteiger partial charge >= 0.3 is 0 Å². The maximum Gasteiger partial charge on any atom is 0.295 e. The van der Waals surface area contributed by atoms with Crippen LogP contribution < -0.4 is 9.46 Å². The van der Waals surface area contributed by atoms with E-state index in [1.807, 2.05) is 36.4 Å². The highest BCUT2D eigenvalue weighted by molar-refractivity contribution is 7.97. The predicted molar refractivity (Wildman–Crippen MR) is 119 cm³/mol. The van der Waals surface area contributed by atoms with E-state index >= 15 is 0 Å². The largest absolute Gasteiger partial charge is 0.490 e. The maximum atomic E-state index is 14.6.